The molecule has 0 bridgehead atoms. The molecule has 0 spiro atoms. The van der Waals surface area contributed by atoms with Crippen molar-refractivity contribution < 1.29 is 14.3 Å². The predicted molar refractivity (Wildman–Crippen MR) is 120 cm³/mol. The number of carbonyl (C=O) groups is 1. The monoisotopic (exact) mass is 459 g/mol. The lowest BCUT2D eigenvalue weighted by molar-refractivity contribution is 0.0686. The fourth-order valence-electron chi connectivity index (χ4n) is 3.51. The minimum absolute atomic E-state index is 0.0159. The molecule has 0 amide bonds. The lowest BCUT2D eigenvalue weighted by atomic mass is 10.0. The van der Waals surface area contributed by atoms with Crippen LogP contribution in [0.5, 0.6) is 0 Å². The van der Waals surface area contributed by atoms with Gasteiger partial charge in [0.15, 0.2) is 17.3 Å². The van der Waals surface area contributed by atoms with Crippen LogP contribution >= 0.6 is 23.4 Å². The molecule has 2 aromatic carbocycles. The molecular formula is C21H19ClFN5O2S. The van der Waals surface area contributed by atoms with E-state index in [9.17, 15) is 14.3 Å². The Kier molecular flexibility index (Phi) is 5.88. The predicted octanol–water partition coefficient (Wildman–Crippen LogP) is 5.27. The zero-order valence-electron chi connectivity index (χ0n) is 16.7. The molecule has 0 aliphatic rings. The zero-order valence-corrected chi connectivity index (χ0v) is 18.3. The van der Waals surface area contributed by atoms with Crippen molar-refractivity contribution in [1.29, 1.82) is 0 Å². The summed E-state index contributed by atoms with van der Waals surface area (Å²) in [5, 5.41) is 20.6. The minimum atomic E-state index is -1.08. The van der Waals surface area contributed by atoms with E-state index >= 15 is 0 Å². The summed E-state index contributed by atoms with van der Waals surface area (Å²) in [7, 11) is 0. The van der Waals surface area contributed by atoms with Crippen LogP contribution in [0.4, 0.5) is 10.2 Å². The van der Waals surface area contributed by atoms with E-state index in [4.69, 9.17) is 11.6 Å². The number of anilines is 1. The quantitative estimate of drug-likeness (QED) is 0.326. The molecule has 2 heterocycles. The van der Waals surface area contributed by atoms with Gasteiger partial charge in [-0.15, -0.1) is 11.8 Å². The molecule has 4 aromatic rings. The second-order valence-corrected chi connectivity index (χ2v) is 7.87. The molecule has 4 rings (SSSR count). The molecule has 0 aliphatic heterocycles. The molecule has 0 aliphatic carbocycles. The van der Waals surface area contributed by atoms with Crippen LogP contribution in [0.1, 0.15) is 23.2 Å². The molecule has 0 saturated carbocycles. The number of hydrogen-bond acceptors (Lipinski definition) is 5. The lowest BCUT2D eigenvalue weighted by Gasteiger charge is -2.10. The summed E-state index contributed by atoms with van der Waals surface area (Å²) in [4.78, 5) is 15.8. The molecule has 2 aromatic heterocycles. The lowest BCUT2D eigenvalue weighted by Crippen LogP contribution is -2.09. The second kappa shape index (κ2) is 8.60. The summed E-state index contributed by atoms with van der Waals surface area (Å²) >= 11 is 7.61. The highest BCUT2D eigenvalue weighted by molar-refractivity contribution is 7.98. The Hall–Kier alpha value is -3.04. The van der Waals surface area contributed by atoms with Crippen LogP contribution in [0.15, 0.2) is 41.4 Å². The molecule has 10 heteroatoms. The van der Waals surface area contributed by atoms with Crippen LogP contribution in [0, 0.1) is 5.82 Å². The number of hydrogen-bond donors (Lipinski definition) is 3. The van der Waals surface area contributed by atoms with Gasteiger partial charge in [0.1, 0.15) is 16.4 Å². The van der Waals surface area contributed by atoms with Gasteiger partial charge in [-0.25, -0.2) is 14.2 Å². The number of nitrogens with one attached hydrogen (secondary N) is 2. The molecule has 0 saturated heterocycles. The number of aromatic carboxylic acids is 1. The van der Waals surface area contributed by atoms with Crippen molar-refractivity contribution in [3.8, 4) is 11.1 Å². The maximum absolute atomic E-state index is 14.9. The van der Waals surface area contributed by atoms with E-state index < -0.39 is 11.8 Å². The van der Waals surface area contributed by atoms with E-state index in [0.29, 0.717) is 34.2 Å². The Bertz CT molecular complexity index is 1270. The van der Waals surface area contributed by atoms with Gasteiger partial charge in [-0.3, -0.25) is 5.10 Å². The Morgan fingerprint density at radius 1 is 1.35 bits per heavy atom. The summed E-state index contributed by atoms with van der Waals surface area (Å²) in [5.74, 6) is -0.673. The largest absolute Gasteiger partial charge is 0.476 e. The normalized spacial score (nSPS) is 11.2. The van der Waals surface area contributed by atoms with E-state index in [2.05, 4.69) is 20.5 Å². The van der Waals surface area contributed by atoms with Gasteiger partial charge in [-0.2, -0.15) is 5.10 Å². The molecule has 0 fully saturated rings. The minimum Gasteiger partial charge on any atom is -0.476 e. The van der Waals surface area contributed by atoms with Gasteiger partial charge in [0.25, 0.3) is 0 Å². The number of aromatic amines is 1. The molecule has 7 nitrogen and oxygen atoms in total. The second-order valence-electron chi connectivity index (χ2n) is 6.70. The number of nitrogens with zero attached hydrogens (tertiary/aromatic N) is 3. The van der Waals surface area contributed by atoms with Crippen molar-refractivity contribution in [2.75, 3.05) is 11.6 Å². The van der Waals surface area contributed by atoms with Gasteiger partial charge in [0.2, 0.25) is 0 Å². The van der Waals surface area contributed by atoms with Crippen LogP contribution in [0.3, 0.4) is 0 Å². The third-order valence-corrected chi connectivity index (χ3v) is 6.12. The van der Waals surface area contributed by atoms with Gasteiger partial charge in [0, 0.05) is 17.5 Å². The van der Waals surface area contributed by atoms with Crippen LogP contribution in [-0.4, -0.2) is 37.1 Å². The van der Waals surface area contributed by atoms with Crippen LogP contribution in [0.25, 0.3) is 22.0 Å². The molecule has 3 N–H and O–H groups in total. The number of carboxylic acid groups (broad SMARTS) is 1. The zero-order chi connectivity index (χ0) is 22.1. The number of benzene rings is 2. The van der Waals surface area contributed by atoms with Gasteiger partial charge in [0.05, 0.1) is 11.6 Å². The number of rotatable bonds is 7. The number of aromatic nitrogens is 4. The number of H-pyrrole nitrogens is 1. The first-order valence-corrected chi connectivity index (χ1v) is 11.1. The Morgan fingerprint density at radius 3 is 2.74 bits per heavy atom. The number of imidazole rings is 1. The number of carboxylic acids is 1. The highest BCUT2D eigenvalue weighted by atomic mass is 35.5. The topological polar surface area (TPSA) is 95.8 Å². The molecule has 160 valence electrons. The summed E-state index contributed by atoms with van der Waals surface area (Å²) < 4.78 is 16.8. The molecule has 0 unspecified atom stereocenters. The number of thioether (sulfide) groups is 1. The Morgan fingerprint density at radius 2 is 2.10 bits per heavy atom. The SMILES string of the molecule is CCn1c(CNc2n[nH]c3c(F)c(Cl)c(-c4ccccc4)cc23)nc(C(=O)O)c1SC. The average Bonchev–Trinajstić information content (AvgIpc) is 3.35. The summed E-state index contributed by atoms with van der Waals surface area (Å²) in [5.41, 5.74) is 1.56. The third-order valence-electron chi connectivity index (χ3n) is 4.95. The maximum Gasteiger partial charge on any atom is 0.357 e. The van der Waals surface area contributed by atoms with Gasteiger partial charge >= 0.3 is 5.97 Å². The van der Waals surface area contributed by atoms with Crippen molar-refractivity contribution in [2.45, 2.75) is 25.0 Å². The first-order chi connectivity index (χ1) is 15.0. The molecule has 31 heavy (non-hydrogen) atoms. The highest BCUT2D eigenvalue weighted by Crippen LogP contribution is 2.37. The van der Waals surface area contributed by atoms with Crippen molar-refractivity contribution in [3.63, 3.8) is 0 Å². The van der Waals surface area contributed by atoms with Crippen LogP contribution < -0.4 is 5.32 Å². The summed E-state index contributed by atoms with van der Waals surface area (Å²) in [6.07, 6.45) is 1.81. The maximum atomic E-state index is 14.9. The van der Waals surface area contributed by atoms with Crippen LogP contribution in [-0.2, 0) is 13.1 Å². The van der Waals surface area contributed by atoms with E-state index in [-0.39, 0.29) is 22.8 Å². The highest BCUT2D eigenvalue weighted by Gasteiger charge is 2.22. The summed E-state index contributed by atoms with van der Waals surface area (Å²) in [6.45, 7) is 2.71. The van der Waals surface area contributed by atoms with E-state index in [1.54, 1.807) is 6.07 Å². The van der Waals surface area contributed by atoms with Crippen molar-refractivity contribution in [2.24, 2.45) is 0 Å². The standard InChI is InChI=1S/C21H19ClFN5O2S/c1-3-28-14(25-18(21(29)30)20(28)31-2)10-24-19-13-9-12(11-7-5-4-6-8-11)15(22)16(23)17(13)26-27-19/h4-9H,3,10H2,1-2H3,(H,29,30)(H2,24,26,27). The smallest absolute Gasteiger partial charge is 0.357 e. The fourth-order valence-corrected chi connectivity index (χ4v) is 4.55. The Labute approximate surface area is 186 Å². The first-order valence-electron chi connectivity index (χ1n) is 9.48. The average molecular weight is 460 g/mol. The van der Waals surface area contributed by atoms with E-state index in [0.717, 1.165) is 5.56 Å². The van der Waals surface area contributed by atoms with Crippen molar-refractivity contribution >= 4 is 46.1 Å². The third kappa shape index (κ3) is 3.75. The Balaban J connectivity index is 1.72. The van der Waals surface area contributed by atoms with E-state index in [1.807, 2.05) is 48.1 Å². The molecular weight excluding hydrogens is 441 g/mol. The summed E-state index contributed by atoms with van der Waals surface area (Å²) in [6, 6.07) is 11.1. The fraction of sp³-hybridized carbons (Fsp3) is 0.190. The molecule has 0 radical (unpaired) electrons. The van der Waals surface area contributed by atoms with Crippen LogP contribution in [0.2, 0.25) is 5.02 Å². The van der Waals surface area contributed by atoms with Crippen molar-refractivity contribution in [3.05, 3.63) is 58.8 Å². The van der Waals surface area contributed by atoms with E-state index in [1.165, 1.54) is 11.8 Å². The molecule has 0 atom stereocenters. The first kappa shape index (κ1) is 21.2. The number of fused-ring (bicyclic) bond motifs is 1. The van der Waals surface area contributed by atoms with Gasteiger partial charge in [-0.05, 0) is 24.8 Å². The van der Waals surface area contributed by atoms with Gasteiger partial charge in [-0.1, -0.05) is 41.9 Å². The number of halogens is 2. The van der Waals surface area contributed by atoms with Gasteiger partial charge < -0.3 is 15.0 Å². The van der Waals surface area contributed by atoms with Crippen molar-refractivity contribution in [1.82, 2.24) is 19.7 Å².